The number of nitrogens with one attached hydrogen (secondary N) is 1. The third-order valence-electron chi connectivity index (χ3n) is 4.94. The minimum atomic E-state index is 0.124. The van der Waals surface area contributed by atoms with Gasteiger partial charge in [0.2, 0.25) is 0 Å². The number of rotatable bonds is 6. The second-order valence-electron chi connectivity index (χ2n) is 7.11. The third kappa shape index (κ3) is 10.2. The molecule has 3 aliphatic rings. The van der Waals surface area contributed by atoms with Gasteiger partial charge in [0.1, 0.15) is 0 Å². The molecule has 3 rings (SSSR count). The van der Waals surface area contributed by atoms with Gasteiger partial charge in [0.15, 0.2) is 0 Å². The molecule has 4 nitrogen and oxygen atoms in total. The number of hydrogen-bond acceptors (Lipinski definition) is 2. The van der Waals surface area contributed by atoms with E-state index in [0.717, 1.165) is 26.2 Å². The summed E-state index contributed by atoms with van der Waals surface area (Å²) in [6, 6.07) is 1.06. The fraction of sp³-hybridized carbons (Fsp3) is 0.778. The van der Waals surface area contributed by atoms with Gasteiger partial charge in [0, 0.05) is 19.1 Å². The van der Waals surface area contributed by atoms with Crippen molar-refractivity contribution in [1.29, 1.82) is 0 Å². The van der Waals surface area contributed by atoms with E-state index in [1.165, 1.54) is 44.2 Å². The van der Waals surface area contributed by atoms with Gasteiger partial charge in [-0.1, -0.05) is 53.4 Å². The fourth-order valence-electron chi connectivity index (χ4n) is 3.75. The van der Waals surface area contributed by atoms with Gasteiger partial charge in [-0.25, -0.2) is 0 Å². The zero-order chi connectivity index (χ0) is 19.5. The third-order valence-corrected chi connectivity index (χ3v) is 6.17. The minimum absolute atomic E-state index is 0.124. The quantitative estimate of drug-likeness (QED) is 0.236. The maximum atomic E-state index is 4.84. The first-order valence-corrected chi connectivity index (χ1v) is 14.3. The van der Waals surface area contributed by atoms with Crippen molar-refractivity contribution < 1.29 is 13.1 Å². The molecule has 0 aliphatic carbocycles. The summed E-state index contributed by atoms with van der Waals surface area (Å²) in [6.45, 7) is 4.11. The number of hydrogen-bond donors (Lipinski definition) is 1. The number of alkyl halides is 2. The number of nitrogens with zero attached hydrogens (tertiary/aromatic N) is 3. The predicted octanol–water partition coefficient (Wildman–Crippen LogP) is 6.00. The summed E-state index contributed by atoms with van der Waals surface area (Å²) in [5, 5.41) is 13.3. The van der Waals surface area contributed by atoms with Crippen molar-refractivity contribution in [2.24, 2.45) is 0 Å². The van der Waals surface area contributed by atoms with Crippen molar-refractivity contribution in [2.75, 3.05) is 26.2 Å². The van der Waals surface area contributed by atoms with Gasteiger partial charge in [-0.05, 0) is 30.8 Å². The molecular formula is C18H28Br2Cl2FeN4-2. The van der Waals surface area contributed by atoms with Gasteiger partial charge in [-0.3, -0.25) is 0 Å². The van der Waals surface area contributed by atoms with Crippen LogP contribution >= 0.6 is 52.1 Å². The van der Waals surface area contributed by atoms with E-state index in [0.29, 0.717) is 17.0 Å². The molecule has 0 aromatic rings. The summed E-state index contributed by atoms with van der Waals surface area (Å²) in [7, 11) is 9.53. The molecule has 0 radical (unpaired) electrons. The van der Waals surface area contributed by atoms with Crippen LogP contribution in [0.2, 0.25) is 0 Å². The van der Waals surface area contributed by atoms with Crippen LogP contribution < -0.4 is 5.32 Å². The van der Waals surface area contributed by atoms with Crippen LogP contribution in [-0.4, -0.2) is 53.1 Å². The SMILES string of the molecule is BrC1C=CC=C(CN(CC2CCCC[N-]2)CC2CCCC(Br)N2)[N-]1.[Cl][Fe][Cl]. The van der Waals surface area contributed by atoms with Crippen molar-refractivity contribution in [3.05, 3.63) is 34.6 Å². The van der Waals surface area contributed by atoms with E-state index in [2.05, 4.69) is 60.3 Å². The van der Waals surface area contributed by atoms with E-state index in [1.54, 1.807) is 0 Å². The Labute approximate surface area is 195 Å². The second kappa shape index (κ2) is 14.3. The average Bonchev–Trinajstić information content (AvgIpc) is 2.63. The summed E-state index contributed by atoms with van der Waals surface area (Å²) in [5.41, 5.74) is 1.17. The summed E-state index contributed by atoms with van der Waals surface area (Å²) >= 11 is 7.50. The predicted molar refractivity (Wildman–Crippen MR) is 121 cm³/mol. The van der Waals surface area contributed by atoms with E-state index in [4.69, 9.17) is 30.8 Å². The van der Waals surface area contributed by atoms with E-state index < -0.39 is 0 Å². The van der Waals surface area contributed by atoms with Crippen LogP contribution in [0.1, 0.15) is 38.5 Å². The molecule has 4 unspecified atom stereocenters. The molecule has 0 spiro atoms. The molecular weight excluding hydrogens is 559 g/mol. The molecule has 0 aromatic carbocycles. The van der Waals surface area contributed by atoms with Gasteiger partial charge in [0.25, 0.3) is 0 Å². The zero-order valence-electron chi connectivity index (χ0n) is 15.3. The second-order valence-corrected chi connectivity index (χ2v) is 11.0. The normalized spacial score (nSPS) is 31.1. The Bertz CT molecular complexity index is 478. The number of piperidine rings is 2. The van der Waals surface area contributed by atoms with E-state index in [1.807, 2.05) is 0 Å². The van der Waals surface area contributed by atoms with Gasteiger partial charge >= 0.3 is 33.3 Å². The van der Waals surface area contributed by atoms with Gasteiger partial charge in [-0.2, -0.15) is 0 Å². The van der Waals surface area contributed by atoms with Gasteiger partial charge < -0.3 is 20.9 Å². The van der Waals surface area contributed by atoms with Gasteiger partial charge in [-0.15, -0.1) is 34.2 Å². The first kappa shape index (κ1) is 24.5. The Balaban J connectivity index is 0.000000817. The van der Waals surface area contributed by atoms with Crippen molar-refractivity contribution in [1.82, 2.24) is 10.2 Å². The summed E-state index contributed by atoms with van der Waals surface area (Å²) in [4.78, 5) is 3.15. The van der Waals surface area contributed by atoms with Crippen LogP contribution in [0.4, 0.5) is 0 Å². The maximum absolute atomic E-state index is 4.84. The standard InChI is InChI=1S/C18H28Br2N4.2ClH.Fe/c19-17-8-3-6-15(22-17)12-24(11-14-5-1-2-10-21-14)13-16-7-4-9-18(20)23-16;;;/h3,6,8,14,16-18,23H,1-2,4-5,7,9-13H2;2*1H;/q-2;;;+2/p-2. The molecule has 2 saturated heterocycles. The summed E-state index contributed by atoms with van der Waals surface area (Å²) in [5.74, 6) is 0. The van der Waals surface area contributed by atoms with E-state index >= 15 is 0 Å². The van der Waals surface area contributed by atoms with Crippen molar-refractivity contribution >= 4 is 52.1 Å². The van der Waals surface area contributed by atoms with Crippen molar-refractivity contribution in [3.63, 3.8) is 0 Å². The molecule has 0 saturated carbocycles. The molecule has 4 atom stereocenters. The molecule has 3 heterocycles. The molecule has 27 heavy (non-hydrogen) atoms. The van der Waals surface area contributed by atoms with Crippen LogP contribution in [0.25, 0.3) is 10.6 Å². The Hall–Kier alpha value is 1.22. The first-order valence-electron chi connectivity index (χ1n) is 9.47. The molecule has 9 heteroatoms. The topological polar surface area (TPSA) is 43.5 Å². The average molecular weight is 587 g/mol. The molecule has 0 amide bonds. The van der Waals surface area contributed by atoms with Crippen LogP contribution in [0, 0.1) is 0 Å². The monoisotopic (exact) mass is 584 g/mol. The Morgan fingerprint density at radius 3 is 2.63 bits per heavy atom. The number of allylic oxidation sites excluding steroid dienone is 2. The van der Waals surface area contributed by atoms with Crippen LogP contribution in [0.15, 0.2) is 23.9 Å². The van der Waals surface area contributed by atoms with Gasteiger partial charge in [0.05, 0.1) is 4.95 Å². The van der Waals surface area contributed by atoms with Crippen molar-refractivity contribution in [3.8, 4) is 0 Å². The summed E-state index contributed by atoms with van der Waals surface area (Å²) in [6.07, 6.45) is 13.9. The zero-order valence-corrected chi connectivity index (χ0v) is 21.1. The van der Waals surface area contributed by atoms with Crippen molar-refractivity contribution in [2.45, 2.75) is 60.5 Å². The van der Waals surface area contributed by atoms with Crippen LogP contribution in [0.5, 0.6) is 0 Å². The molecule has 3 aliphatic heterocycles. The fourth-order valence-corrected chi connectivity index (χ4v) is 4.89. The molecule has 2 fully saturated rings. The molecule has 0 bridgehead atoms. The molecule has 1 N–H and O–H groups in total. The van der Waals surface area contributed by atoms with Crippen LogP contribution in [-0.2, 0) is 13.1 Å². The Morgan fingerprint density at radius 1 is 1.15 bits per heavy atom. The molecule has 0 aromatic heterocycles. The van der Waals surface area contributed by atoms with E-state index in [9.17, 15) is 0 Å². The Morgan fingerprint density at radius 2 is 1.96 bits per heavy atom. The van der Waals surface area contributed by atoms with Crippen LogP contribution in [0.3, 0.4) is 0 Å². The first-order chi connectivity index (χ1) is 13.1. The molecule has 158 valence electrons. The summed E-state index contributed by atoms with van der Waals surface area (Å²) < 4.78 is 0. The van der Waals surface area contributed by atoms with E-state index in [-0.39, 0.29) is 18.1 Å². The number of halogens is 4. The Kier molecular flexibility index (Phi) is 12.9.